The lowest BCUT2D eigenvalue weighted by atomic mass is 10.1. The van der Waals surface area contributed by atoms with Gasteiger partial charge >= 0.3 is 5.97 Å². The maximum Gasteiger partial charge on any atom is 0.325 e. The summed E-state index contributed by atoms with van der Waals surface area (Å²) in [6, 6.07) is 5.43. The summed E-state index contributed by atoms with van der Waals surface area (Å²) < 4.78 is 5.07. The Bertz CT molecular complexity index is 534. The Labute approximate surface area is 98.7 Å². The molecule has 2 rings (SSSR count). The van der Waals surface area contributed by atoms with Crippen LogP contribution in [-0.2, 0) is 11.2 Å². The first kappa shape index (κ1) is 11.6. The van der Waals surface area contributed by atoms with Gasteiger partial charge in [-0.2, -0.15) is 0 Å². The predicted molar refractivity (Wildman–Crippen MR) is 65.7 cm³/mol. The molecular weight excluding hydrogens is 218 g/mol. The van der Waals surface area contributed by atoms with Crippen molar-refractivity contribution in [1.29, 1.82) is 0 Å². The van der Waals surface area contributed by atoms with Crippen LogP contribution in [0.4, 0.5) is 0 Å². The van der Waals surface area contributed by atoms with Crippen molar-refractivity contribution >= 4 is 16.9 Å². The molecule has 0 radical (unpaired) electrons. The molecule has 1 heterocycles. The highest BCUT2D eigenvalue weighted by Crippen LogP contribution is 2.24. The minimum absolute atomic E-state index is 0.124. The molecule has 5 nitrogen and oxygen atoms in total. The molecule has 1 aromatic carbocycles. The largest absolute Gasteiger partial charge is 0.426 e. The van der Waals surface area contributed by atoms with Crippen molar-refractivity contribution in [2.45, 2.75) is 6.42 Å². The van der Waals surface area contributed by atoms with Crippen molar-refractivity contribution in [1.82, 2.24) is 4.98 Å². The number of rotatable bonds is 4. The average Bonchev–Trinajstić information content (AvgIpc) is 2.73. The van der Waals surface area contributed by atoms with Gasteiger partial charge in [0.15, 0.2) is 0 Å². The maximum absolute atomic E-state index is 11.1. The molecule has 0 aliphatic carbocycles. The molecule has 0 bridgehead atoms. The van der Waals surface area contributed by atoms with E-state index in [9.17, 15) is 4.79 Å². The van der Waals surface area contributed by atoms with E-state index in [0.717, 1.165) is 22.9 Å². The van der Waals surface area contributed by atoms with Gasteiger partial charge < -0.3 is 21.2 Å². The van der Waals surface area contributed by atoms with E-state index in [4.69, 9.17) is 16.2 Å². The van der Waals surface area contributed by atoms with Gasteiger partial charge in [-0.1, -0.05) is 0 Å². The first-order valence-electron chi connectivity index (χ1n) is 5.45. The van der Waals surface area contributed by atoms with Crippen LogP contribution < -0.4 is 16.2 Å². The fourth-order valence-electron chi connectivity index (χ4n) is 1.76. The topological polar surface area (TPSA) is 94.1 Å². The van der Waals surface area contributed by atoms with E-state index in [0.29, 0.717) is 12.3 Å². The van der Waals surface area contributed by atoms with Crippen LogP contribution >= 0.6 is 0 Å². The summed E-state index contributed by atoms with van der Waals surface area (Å²) >= 11 is 0. The highest BCUT2D eigenvalue weighted by molar-refractivity contribution is 5.85. The van der Waals surface area contributed by atoms with Gasteiger partial charge in [0.2, 0.25) is 0 Å². The first-order valence-corrected chi connectivity index (χ1v) is 5.45. The lowest BCUT2D eigenvalue weighted by Crippen LogP contribution is -2.19. The van der Waals surface area contributed by atoms with Crippen molar-refractivity contribution < 1.29 is 9.53 Å². The number of nitrogens with two attached hydrogens (primary N) is 2. The van der Waals surface area contributed by atoms with Crippen molar-refractivity contribution in [2.24, 2.45) is 11.5 Å². The minimum Gasteiger partial charge on any atom is -0.426 e. The summed E-state index contributed by atoms with van der Waals surface area (Å²) in [7, 11) is 0. The molecule has 90 valence electrons. The Kier molecular flexibility index (Phi) is 3.41. The molecule has 1 aromatic heterocycles. The van der Waals surface area contributed by atoms with E-state index < -0.39 is 5.97 Å². The number of aromatic nitrogens is 1. The van der Waals surface area contributed by atoms with E-state index in [-0.39, 0.29) is 6.54 Å². The third-order valence-electron chi connectivity index (χ3n) is 2.55. The Hall–Kier alpha value is -1.85. The zero-order valence-corrected chi connectivity index (χ0v) is 9.40. The molecule has 0 saturated carbocycles. The lowest BCUT2D eigenvalue weighted by Gasteiger charge is -2.03. The molecule has 0 aliphatic rings. The van der Waals surface area contributed by atoms with Crippen LogP contribution in [0, 0.1) is 0 Å². The van der Waals surface area contributed by atoms with Crippen molar-refractivity contribution in [3.63, 3.8) is 0 Å². The summed E-state index contributed by atoms with van der Waals surface area (Å²) in [4.78, 5) is 14.2. The molecule has 17 heavy (non-hydrogen) atoms. The second-order valence-corrected chi connectivity index (χ2v) is 3.74. The first-order chi connectivity index (χ1) is 8.24. The van der Waals surface area contributed by atoms with Crippen LogP contribution in [0.1, 0.15) is 5.56 Å². The molecule has 0 fully saturated rings. The molecule has 0 atom stereocenters. The Balaban J connectivity index is 2.33. The predicted octanol–water partition coefficient (Wildman–Crippen LogP) is 0.533. The zero-order chi connectivity index (χ0) is 12.3. The molecule has 0 aliphatic heterocycles. The summed E-state index contributed by atoms with van der Waals surface area (Å²) in [5.41, 5.74) is 12.8. The fourth-order valence-corrected chi connectivity index (χ4v) is 1.76. The summed E-state index contributed by atoms with van der Waals surface area (Å²) in [5.74, 6) is 0.0612. The zero-order valence-electron chi connectivity index (χ0n) is 9.40. The number of carbonyl (C=O) groups is 1. The number of benzene rings is 1. The van der Waals surface area contributed by atoms with Gasteiger partial charge in [0.1, 0.15) is 5.75 Å². The van der Waals surface area contributed by atoms with Crippen LogP contribution in [0.25, 0.3) is 10.9 Å². The highest BCUT2D eigenvalue weighted by Gasteiger charge is 2.06. The normalized spacial score (nSPS) is 10.7. The number of aromatic amines is 1. The second-order valence-electron chi connectivity index (χ2n) is 3.74. The third-order valence-corrected chi connectivity index (χ3v) is 2.55. The monoisotopic (exact) mass is 233 g/mol. The smallest absolute Gasteiger partial charge is 0.325 e. The SMILES string of the molecule is NCCc1c[nH]c2ccc(OC(=O)CN)cc12. The van der Waals surface area contributed by atoms with E-state index >= 15 is 0 Å². The quantitative estimate of drug-likeness (QED) is 0.530. The Morgan fingerprint density at radius 3 is 2.88 bits per heavy atom. The van der Waals surface area contributed by atoms with Crippen LogP contribution in [0.15, 0.2) is 24.4 Å². The number of esters is 1. The van der Waals surface area contributed by atoms with Gasteiger partial charge in [0.05, 0.1) is 6.54 Å². The number of nitrogens with one attached hydrogen (secondary N) is 1. The van der Waals surface area contributed by atoms with Gasteiger partial charge in [-0.25, -0.2) is 0 Å². The number of H-pyrrole nitrogens is 1. The maximum atomic E-state index is 11.1. The second kappa shape index (κ2) is 4.99. The fraction of sp³-hybridized carbons (Fsp3) is 0.250. The van der Waals surface area contributed by atoms with E-state index in [1.54, 1.807) is 6.07 Å². The van der Waals surface area contributed by atoms with Gasteiger partial charge in [-0.05, 0) is 36.7 Å². The lowest BCUT2D eigenvalue weighted by molar-refractivity contribution is -0.132. The number of fused-ring (bicyclic) bond motifs is 1. The van der Waals surface area contributed by atoms with Gasteiger partial charge in [0.25, 0.3) is 0 Å². The molecule has 5 heteroatoms. The number of hydrogen-bond donors (Lipinski definition) is 3. The van der Waals surface area contributed by atoms with Crippen LogP contribution in [-0.4, -0.2) is 24.0 Å². The highest BCUT2D eigenvalue weighted by atomic mass is 16.5. The molecule has 5 N–H and O–H groups in total. The summed E-state index contributed by atoms with van der Waals surface area (Å²) in [6.07, 6.45) is 2.71. The number of ether oxygens (including phenoxy) is 1. The minimum atomic E-state index is -0.444. The van der Waals surface area contributed by atoms with E-state index in [1.165, 1.54) is 0 Å². The molecule has 0 amide bonds. The van der Waals surface area contributed by atoms with Gasteiger partial charge in [-0.3, -0.25) is 4.79 Å². The third kappa shape index (κ3) is 2.46. The van der Waals surface area contributed by atoms with Crippen LogP contribution in [0.2, 0.25) is 0 Å². The molecule has 0 unspecified atom stereocenters. The van der Waals surface area contributed by atoms with E-state index in [1.807, 2.05) is 18.3 Å². The van der Waals surface area contributed by atoms with E-state index in [2.05, 4.69) is 4.98 Å². The van der Waals surface area contributed by atoms with Crippen molar-refractivity contribution in [2.75, 3.05) is 13.1 Å². The molecule has 0 saturated heterocycles. The van der Waals surface area contributed by atoms with Crippen molar-refractivity contribution in [3.05, 3.63) is 30.0 Å². The molecule has 0 spiro atoms. The molecular formula is C12H15N3O2. The Morgan fingerprint density at radius 2 is 2.18 bits per heavy atom. The van der Waals surface area contributed by atoms with Crippen molar-refractivity contribution in [3.8, 4) is 5.75 Å². The number of hydrogen-bond acceptors (Lipinski definition) is 4. The summed E-state index contributed by atoms with van der Waals surface area (Å²) in [6.45, 7) is 0.459. The standard InChI is InChI=1S/C12H15N3O2/c13-4-3-8-7-15-11-2-1-9(5-10(8)11)17-12(16)6-14/h1-2,5,7,15H,3-4,6,13-14H2. The van der Waals surface area contributed by atoms with Gasteiger partial charge in [-0.15, -0.1) is 0 Å². The average molecular weight is 233 g/mol. The van der Waals surface area contributed by atoms with Crippen LogP contribution in [0.3, 0.4) is 0 Å². The number of carbonyl (C=O) groups excluding carboxylic acids is 1. The Morgan fingerprint density at radius 1 is 1.35 bits per heavy atom. The molecule has 2 aromatic rings. The van der Waals surface area contributed by atoms with Crippen LogP contribution in [0.5, 0.6) is 5.75 Å². The summed E-state index contributed by atoms with van der Waals surface area (Å²) in [5, 5.41) is 1.03. The van der Waals surface area contributed by atoms with Gasteiger partial charge in [0, 0.05) is 17.1 Å².